The van der Waals surface area contributed by atoms with E-state index in [1.807, 2.05) is 42.5 Å². The summed E-state index contributed by atoms with van der Waals surface area (Å²) in [5.74, 6) is 0. The van der Waals surface area contributed by atoms with Crippen LogP contribution in [0.1, 0.15) is 0 Å². The summed E-state index contributed by atoms with van der Waals surface area (Å²) in [5.41, 5.74) is 4.17. The second-order valence-electron chi connectivity index (χ2n) is 4.43. The van der Waals surface area contributed by atoms with E-state index < -0.39 is 0 Å². The third kappa shape index (κ3) is 3.00. The molecule has 3 aromatic rings. The Labute approximate surface area is 135 Å². The number of nitrogens with zero attached hydrogens (tertiary/aromatic N) is 1. The predicted molar refractivity (Wildman–Crippen MR) is 90.5 cm³/mol. The summed E-state index contributed by atoms with van der Waals surface area (Å²) in [6.07, 6.45) is 0. The van der Waals surface area contributed by atoms with Crippen molar-refractivity contribution in [1.29, 1.82) is 0 Å². The van der Waals surface area contributed by atoms with Gasteiger partial charge in [0, 0.05) is 20.1 Å². The van der Waals surface area contributed by atoms with Crippen molar-refractivity contribution in [3.8, 4) is 22.5 Å². The van der Waals surface area contributed by atoms with Gasteiger partial charge in [-0.05, 0) is 30.3 Å². The normalized spacial score (nSPS) is 10.5. The minimum absolute atomic E-state index is 0.966. The van der Waals surface area contributed by atoms with Gasteiger partial charge in [0.15, 0.2) is 0 Å². The Kier molecular flexibility index (Phi) is 3.99. The first-order chi connectivity index (χ1) is 9.72. The van der Waals surface area contributed by atoms with E-state index in [9.17, 15) is 0 Å². The van der Waals surface area contributed by atoms with Crippen molar-refractivity contribution in [2.45, 2.75) is 0 Å². The molecule has 1 heterocycles. The van der Waals surface area contributed by atoms with E-state index in [4.69, 9.17) is 4.98 Å². The Morgan fingerprint density at radius 1 is 0.600 bits per heavy atom. The zero-order valence-corrected chi connectivity index (χ0v) is 13.7. The van der Waals surface area contributed by atoms with Gasteiger partial charge in [-0.1, -0.05) is 68.3 Å². The SMILES string of the molecule is Brc1cc(Br)cc(-c2cccc(-c3ccccc3)n2)c1. The van der Waals surface area contributed by atoms with E-state index in [-0.39, 0.29) is 0 Å². The Morgan fingerprint density at radius 2 is 1.20 bits per heavy atom. The molecule has 0 bridgehead atoms. The number of pyridine rings is 1. The molecule has 98 valence electrons. The first-order valence-corrected chi connectivity index (χ1v) is 7.80. The molecular weight excluding hydrogens is 378 g/mol. The number of halogens is 2. The second-order valence-corrected chi connectivity index (χ2v) is 6.26. The maximum atomic E-state index is 4.75. The Balaban J connectivity index is 2.07. The molecule has 0 atom stereocenters. The number of hydrogen-bond donors (Lipinski definition) is 0. The highest BCUT2D eigenvalue weighted by Crippen LogP contribution is 2.28. The molecule has 1 aromatic heterocycles. The molecule has 20 heavy (non-hydrogen) atoms. The third-order valence-corrected chi connectivity index (χ3v) is 3.89. The van der Waals surface area contributed by atoms with Gasteiger partial charge in [-0.3, -0.25) is 0 Å². The molecule has 3 heteroatoms. The van der Waals surface area contributed by atoms with Crippen molar-refractivity contribution >= 4 is 31.9 Å². The number of aromatic nitrogens is 1. The lowest BCUT2D eigenvalue weighted by atomic mass is 10.1. The minimum Gasteiger partial charge on any atom is -0.248 e. The molecule has 0 unspecified atom stereocenters. The Hall–Kier alpha value is -1.45. The van der Waals surface area contributed by atoms with Gasteiger partial charge in [0.05, 0.1) is 11.4 Å². The molecule has 1 nitrogen and oxygen atoms in total. The molecule has 0 aliphatic carbocycles. The van der Waals surface area contributed by atoms with Crippen LogP contribution in [0.5, 0.6) is 0 Å². The van der Waals surface area contributed by atoms with Crippen LogP contribution in [0, 0.1) is 0 Å². The highest BCUT2D eigenvalue weighted by molar-refractivity contribution is 9.11. The van der Waals surface area contributed by atoms with Crippen LogP contribution in [0.2, 0.25) is 0 Å². The predicted octanol–water partition coefficient (Wildman–Crippen LogP) is 5.94. The van der Waals surface area contributed by atoms with Gasteiger partial charge in [-0.25, -0.2) is 4.98 Å². The van der Waals surface area contributed by atoms with Crippen molar-refractivity contribution in [2.75, 3.05) is 0 Å². The van der Waals surface area contributed by atoms with Gasteiger partial charge >= 0.3 is 0 Å². The van der Waals surface area contributed by atoms with E-state index in [1.165, 1.54) is 0 Å². The maximum absolute atomic E-state index is 4.75. The number of rotatable bonds is 2. The standard InChI is InChI=1S/C17H11Br2N/c18-14-9-13(10-15(19)11-14)17-8-4-7-16(20-17)12-5-2-1-3-6-12/h1-11H. The topological polar surface area (TPSA) is 12.9 Å². The molecular formula is C17H11Br2N. The summed E-state index contributed by atoms with van der Waals surface area (Å²) < 4.78 is 2.07. The van der Waals surface area contributed by atoms with Crippen LogP contribution in [-0.2, 0) is 0 Å². The fourth-order valence-corrected chi connectivity index (χ4v) is 3.36. The monoisotopic (exact) mass is 387 g/mol. The highest BCUT2D eigenvalue weighted by Gasteiger charge is 2.05. The fraction of sp³-hybridized carbons (Fsp3) is 0. The summed E-state index contributed by atoms with van der Waals surface area (Å²) in [7, 11) is 0. The highest BCUT2D eigenvalue weighted by atomic mass is 79.9. The van der Waals surface area contributed by atoms with Crippen LogP contribution in [0.4, 0.5) is 0 Å². The molecule has 0 amide bonds. The average molecular weight is 389 g/mol. The molecule has 0 N–H and O–H groups in total. The number of benzene rings is 2. The van der Waals surface area contributed by atoms with Crippen molar-refractivity contribution in [3.05, 3.63) is 75.7 Å². The lowest BCUT2D eigenvalue weighted by molar-refractivity contribution is 1.32. The molecule has 3 rings (SSSR count). The van der Waals surface area contributed by atoms with E-state index in [0.29, 0.717) is 0 Å². The van der Waals surface area contributed by atoms with Crippen molar-refractivity contribution in [1.82, 2.24) is 4.98 Å². The second kappa shape index (κ2) is 5.90. The van der Waals surface area contributed by atoms with E-state index >= 15 is 0 Å². The van der Waals surface area contributed by atoms with Gasteiger partial charge in [-0.2, -0.15) is 0 Å². The quantitative estimate of drug-likeness (QED) is 0.529. The third-order valence-electron chi connectivity index (χ3n) is 2.98. The Morgan fingerprint density at radius 3 is 1.85 bits per heavy atom. The molecule has 0 spiro atoms. The minimum atomic E-state index is 0.966. The zero-order valence-electron chi connectivity index (χ0n) is 10.6. The molecule has 0 saturated carbocycles. The zero-order chi connectivity index (χ0) is 13.9. The first-order valence-electron chi connectivity index (χ1n) is 6.21. The molecule has 0 fully saturated rings. The average Bonchev–Trinajstić information content (AvgIpc) is 2.47. The lowest BCUT2D eigenvalue weighted by Gasteiger charge is -2.06. The lowest BCUT2D eigenvalue weighted by Crippen LogP contribution is -1.88. The van der Waals surface area contributed by atoms with Gasteiger partial charge in [-0.15, -0.1) is 0 Å². The summed E-state index contributed by atoms with van der Waals surface area (Å²) in [6, 6.07) is 22.5. The first kappa shape index (κ1) is 13.5. The van der Waals surface area contributed by atoms with Crippen molar-refractivity contribution in [2.24, 2.45) is 0 Å². The van der Waals surface area contributed by atoms with E-state index in [1.54, 1.807) is 0 Å². The van der Waals surface area contributed by atoms with Gasteiger partial charge in [0.2, 0.25) is 0 Å². The summed E-state index contributed by atoms with van der Waals surface area (Å²) in [5, 5.41) is 0. The van der Waals surface area contributed by atoms with Gasteiger partial charge in [0.25, 0.3) is 0 Å². The molecule has 2 aromatic carbocycles. The molecule has 0 radical (unpaired) electrons. The van der Waals surface area contributed by atoms with Crippen LogP contribution in [0.3, 0.4) is 0 Å². The van der Waals surface area contributed by atoms with Crippen LogP contribution < -0.4 is 0 Å². The van der Waals surface area contributed by atoms with Crippen molar-refractivity contribution < 1.29 is 0 Å². The fourth-order valence-electron chi connectivity index (χ4n) is 2.07. The summed E-state index contributed by atoms with van der Waals surface area (Å²) >= 11 is 7.03. The van der Waals surface area contributed by atoms with Gasteiger partial charge in [0.1, 0.15) is 0 Å². The molecule has 0 aliphatic heterocycles. The summed E-state index contributed by atoms with van der Waals surface area (Å²) in [4.78, 5) is 4.75. The van der Waals surface area contributed by atoms with Crippen LogP contribution in [0.25, 0.3) is 22.5 Å². The molecule has 0 saturated heterocycles. The van der Waals surface area contributed by atoms with Crippen LogP contribution in [-0.4, -0.2) is 4.98 Å². The molecule has 0 aliphatic rings. The largest absolute Gasteiger partial charge is 0.248 e. The van der Waals surface area contributed by atoms with Gasteiger partial charge < -0.3 is 0 Å². The van der Waals surface area contributed by atoms with E-state index in [0.717, 1.165) is 31.5 Å². The van der Waals surface area contributed by atoms with Crippen LogP contribution >= 0.6 is 31.9 Å². The number of hydrogen-bond acceptors (Lipinski definition) is 1. The summed E-state index contributed by atoms with van der Waals surface area (Å²) in [6.45, 7) is 0. The smallest absolute Gasteiger partial charge is 0.0710 e. The van der Waals surface area contributed by atoms with Crippen LogP contribution in [0.15, 0.2) is 75.7 Å². The van der Waals surface area contributed by atoms with E-state index in [2.05, 4.69) is 56.1 Å². The van der Waals surface area contributed by atoms with Crippen molar-refractivity contribution in [3.63, 3.8) is 0 Å². The Bertz CT molecular complexity index is 719. The maximum Gasteiger partial charge on any atom is 0.0710 e.